The van der Waals surface area contributed by atoms with E-state index in [1.807, 2.05) is 59.2 Å². The minimum Gasteiger partial charge on any atom is -0.457 e. The standard InChI is InChI=1S/C21H22BN5O/c1-21(2,3)22-27-20-17(19(23)24-13-25-20)18(26-27)14-9-11-16(12-10-14)28-15-7-5-4-6-8-15/h4-13,22H,1-3H3,(H2,23,24,25). The fourth-order valence-corrected chi connectivity index (χ4v) is 3.10. The van der Waals surface area contributed by atoms with E-state index in [-0.39, 0.29) is 5.31 Å². The molecule has 2 N–H and O–H groups in total. The molecule has 6 nitrogen and oxygen atoms in total. The van der Waals surface area contributed by atoms with E-state index in [9.17, 15) is 0 Å². The molecular weight excluding hydrogens is 349 g/mol. The highest BCUT2D eigenvalue weighted by molar-refractivity contribution is 6.39. The summed E-state index contributed by atoms with van der Waals surface area (Å²) >= 11 is 0. The molecule has 7 heteroatoms. The second-order valence-electron chi connectivity index (χ2n) is 7.96. The highest BCUT2D eigenvalue weighted by atomic mass is 16.5. The molecule has 0 aliphatic heterocycles. The van der Waals surface area contributed by atoms with Crippen LogP contribution in [0.15, 0.2) is 60.9 Å². The van der Waals surface area contributed by atoms with E-state index in [1.165, 1.54) is 6.33 Å². The topological polar surface area (TPSA) is 78.9 Å². The Morgan fingerprint density at radius 1 is 0.929 bits per heavy atom. The molecule has 0 amide bonds. The first kappa shape index (κ1) is 18.0. The van der Waals surface area contributed by atoms with E-state index in [1.54, 1.807) is 0 Å². The van der Waals surface area contributed by atoms with E-state index in [4.69, 9.17) is 15.6 Å². The zero-order valence-corrected chi connectivity index (χ0v) is 16.3. The first-order valence-electron chi connectivity index (χ1n) is 9.21. The molecule has 4 rings (SSSR count). The summed E-state index contributed by atoms with van der Waals surface area (Å²) in [6.07, 6.45) is 1.49. The number of nitrogens with zero attached hydrogens (tertiary/aromatic N) is 4. The van der Waals surface area contributed by atoms with Crippen LogP contribution in [0.25, 0.3) is 22.3 Å². The van der Waals surface area contributed by atoms with Crippen molar-refractivity contribution in [1.29, 1.82) is 0 Å². The van der Waals surface area contributed by atoms with Crippen molar-refractivity contribution in [1.82, 2.24) is 19.7 Å². The number of anilines is 1. The SMILES string of the molecule is CC(C)(C)Bn1nc(-c2ccc(Oc3ccccc3)cc2)c2c(N)ncnc21. The van der Waals surface area contributed by atoms with Crippen LogP contribution in [0.4, 0.5) is 5.82 Å². The lowest BCUT2D eigenvalue weighted by Gasteiger charge is -2.15. The summed E-state index contributed by atoms with van der Waals surface area (Å²) < 4.78 is 7.79. The highest BCUT2D eigenvalue weighted by Gasteiger charge is 2.22. The Hall–Kier alpha value is -3.35. The smallest absolute Gasteiger partial charge is 0.274 e. The predicted octanol–water partition coefficient (Wildman–Crippen LogP) is 4.29. The Morgan fingerprint density at radius 2 is 1.61 bits per heavy atom. The molecule has 0 radical (unpaired) electrons. The predicted molar refractivity (Wildman–Crippen MR) is 114 cm³/mol. The maximum Gasteiger partial charge on any atom is 0.274 e. The molecule has 140 valence electrons. The number of nitrogens with two attached hydrogens (primary N) is 1. The number of ether oxygens (including phenoxy) is 1. The van der Waals surface area contributed by atoms with Gasteiger partial charge in [0.1, 0.15) is 29.3 Å². The van der Waals surface area contributed by atoms with Crippen LogP contribution < -0.4 is 10.5 Å². The van der Waals surface area contributed by atoms with E-state index >= 15 is 0 Å². The van der Waals surface area contributed by atoms with Gasteiger partial charge in [-0.15, -0.1) is 0 Å². The van der Waals surface area contributed by atoms with Gasteiger partial charge in [0, 0.05) is 5.56 Å². The molecule has 0 atom stereocenters. The molecule has 0 bridgehead atoms. The van der Waals surface area contributed by atoms with Crippen LogP contribution in [0.2, 0.25) is 5.31 Å². The molecule has 0 fully saturated rings. The summed E-state index contributed by atoms with van der Waals surface area (Å²) in [7, 11) is 0.731. The van der Waals surface area contributed by atoms with Crippen LogP contribution in [0.3, 0.4) is 0 Å². The van der Waals surface area contributed by atoms with Gasteiger partial charge >= 0.3 is 0 Å². The van der Waals surface area contributed by atoms with Crippen molar-refractivity contribution in [2.24, 2.45) is 0 Å². The molecule has 0 spiro atoms. The number of hydrogen-bond acceptors (Lipinski definition) is 5. The van der Waals surface area contributed by atoms with Gasteiger partial charge in [0.25, 0.3) is 7.41 Å². The van der Waals surface area contributed by atoms with E-state index < -0.39 is 0 Å². The maximum atomic E-state index is 6.17. The van der Waals surface area contributed by atoms with E-state index in [2.05, 4.69) is 30.7 Å². The first-order valence-corrected chi connectivity index (χ1v) is 9.21. The number of nitrogen functional groups attached to an aromatic ring is 1. The van der Waals surface area contributed by atoms with Gasteiger partial charge in [-0.25, -0.2) is 9.97 Å². The van der Waals surface area contributed by atoms with E-state index in [0.717, 1.165) is 41.2 Å². The van der Waals surface area contributed by atoms with Crippen molar-refractivity contribution in [3.05, 3.63) is 60.9 Å². The average Bonchev–Trinajstić information content (AvgIpc) is 3.01. The fraction of sp³-hybridized carbons (Fsp3) is 0.190. The van der Waals surface area contributed by atoms with Crippen molar-refractivity contribution in [2.45, 2.75) is 26.1 Å². The third-order valence-electron chi connectivity index (χ3n) is 4.29. The number of rotatable bonds is 4. The quantitative estimate of drug-likeness (QED) is 0.542. The number of hydrogen-bond donors (Lipinski definition) is 1. The molecule has 2 aromatic heterocycles. The highest BCUT2D eigenvalue weighted by Crippen LogP contribution is 2.33. The Kier molecular flexibility index (Phi) is 4.51. The molecule has 0 unspecified atom stereocenters. The summed E-state index contributed by atoms with van der Waals surface area (Å²) in [4.78, 5) is 8.60. The fourth-order valence-electron chi connectivity index (χ4n) is 3.10. The Balaban J connectivity index is 1.72. The molecule has 2 heterocycles. The molecule has 0 saturated heterocycles. The first-order chi connectivity index (χ1) is 13.4. The van der Waals surface area contributed by atoms with Gasteiger partial charge in [-0.05, 0) is 41.7 Å². The Labute approximate surface area is 164 Å². The molecule has 28 heavy (non-hydrogen) atoms. The minimum absolute atomic E-state index is 0.0588. The number of benzene rings is 2. The normalized spacial score (nSPS) is 11.5. The van der Waals surface area contributed by atoms with Gasteiger partial charge < -0.3 is 10.5 Å². The molecular formula is C21H22BN5O. The van der Waals surface area contributed by atoms with Crippen molar-refractivity contribution in [3.8, 4) is 22.8 Å². The van der Waals surface area contributed by atoms with Gasteiger partial charge in [-0.3, -0.25) is 4.59 Å². The van der Waals surface area contributed by atoms with Gasteiger partial charge in [0.2, 0.25) is 0 Å². The van der Waals surface area contributed by atoms with Crippen LogP contribution in [0.1, 0.15) is 20.8 Å². The van der Waals surface area contributed by atoms with Crippen LogP contribution in [-0.2, 0) is 0 Å². The molecule has 2 aromatic carbocycles. The molecule has 0 aliphatic carbocycles. The zero-order chi connectivity index (χ0) is 19.7. The van der Waals surface area contributed by atoms with Crippen molar-refractivity contribution < 1.29 is 4.74 Å². The van der Waals surface area contributed by atoms with Crippen LogP contribution >= 0.6 is 0 Å². The molecule has 0 aliphatic rings. The second-order valence-corrected chi connectivity index (χ2v) is 7.96. The van der Waals surface area contributed by atoms with Crippen LogP contribution in [-0.4, -0.2) is 27.1 Å². The lowest BCUT2D eigenvalue weighted by molar-refractivity contribution is 0.483. The van der Waals surface area contributed by atoms with Gasteiger partial charge in [-0.1, -0.05) is 39.0 Å². The van der Waals surface area contributed by atoms with E-state index in [0.29, 0.717) is 5.82 Å². The summed E-state index contributed by atoms with van der Waals surface area (Å²) in [6.45, 7) is 6.50. The Bertz CT molecular complexity index is 1100. The lowest BCUT2D eigenvalue weighted by atomic mass is 9.65. The minimum atomic E-state index is 0.0588. The summed E-state index contributed by atoms with van der Waals surface area (Å²) in [6, 6.07) is 17.5. The number of aromatic nitrogens is 4. The maximum absolute atomic E-state index is 6.17. The monoisotopic (exact) mass is 371 g/mol. The summed E-state index contributed by atoms with van der Waals surface area (Å²) in [5.41, 5.74) is 8.65. The average molecular weight is 371 g/mol. The van der Waals surface area contributed by atoms with Crippen molar-refractivity contribution in [2.75, 3.05) is 5.73 Å². The van der Waals surface area contributed by atoms with Crippen molar-refractivity contribution >= 4 is 24.3 Å². The zero-order valence-electron chi connectivity index (χ0n) is 16.3. The van der Waals surface area contributed by atoms with Crippen molar-refractivity contribution in [3.63, 3.8) is 0 Å². The Morgan fingerprint density at radius 3 is 2.29 bits per heavy atom. The molecule has 4 aromatic rings. The summed E-state index contributed by atoms with van der Waals surface area (Å²) in [5.74, 6) is 2.00. The van der Waals surface area contributed by atoms with Gasteiger partial charge in [-0.2, -0.15) is 5.10 Å². The number of fused-ring (bicyclic) bond motifs is 1. The molecule has 0 saturated carbocycles. The third kappa shape index (κ3) is 3.69. The third-order valence-corrected chi connectivity index (χ3v) is 4.29. The van der Waals surface area contributed by atoms with Gasteiger partial charge in [0.15, 0.2) is 5.65 Å². The number of para-hydroxylation sites is 1. The summed E-state index contributed by atoms with van der Waals surface area (Å²) in [5, 5.41) is 5.65. The lowest BCUT2D eigenvalue weighted by Crippen LogP contribution is -2.19. The van der Waals surface area contributed by atoms with Crippen LogP contribution in [0, 0.1) is 0 Å². The second kappa shape index (κ2) is 7.00. The van der Waals surface area contributed by atoms with Crippen LogP contribution in [0.5, 0.6) is 11.5 Å². The van der Waals surface area contributed by atoms with Gasteiger partial charge in [0.05, 0.1) is 5.39 Å². The largest absolute Gasteiger partial charge is 0.457 e.